The highest BCUT2D eigenvalue weighted by Crippen LogP contribution is 2.22. The lowest BCUT2D eigenvalue weighted by Gasteiger charge is -2.12. The normalized spacial score (nSPS) is 12.0. The van der Waals surface area contributed by atoms with Crippen LogP contribution in [0.1, 0.15) is 6.92 Å². The maximum absolute atomic E-state index is 11.2. The minimum atomic E-state index is -0.212. The fourth-order valence-electron chi connectivity index (χ4n) is 1.18. The molecule has 1 aromatic rings. The van der Waals surface area contributed by atoms with Crippen molar-refractivity contribution in [1.82, 2.24) is 0 Å². The van der Waals surface area contributed by atoms with Gasteiger partial charge >= 0.3 is 5.97 Å². The number of carbonyl (C=O) groups is 1. The fourth-order valence-corrected chi connectivity index (χ4v) is 2.24. The van der Waals surface area contributed by atoms with Crippen LogP contribution in [0, 0.1) is 9.49 Å². The average molecular weight is 354 g/mol. The molecule has 0 amide bonds. The number of methoxy groups -OCH3 is 1. The minimum Gasteiger partial charge on any atom is -0.469 e. The summed E-state index contributed by atoms with van der Waals surface area (Å²) in [5.74, 6) is -0.382. The molecule has 5 heteroatoms. The summed E-state index contributed by atoms with van der Waals surface area (Å²) in [6, 6.07) is 5.58. The van der Waals surface area contributed by atoms with Gasteiger partial charge in [0.05, 0.1) is 13.0 Å². The monoisotopic (exact) mass is 353 g/mol. The van der Waals surface area contributed by atoms with E-state index in [9.17, 15) is 4.79 Å². The molecule has 16 heavy (non-hydrogen) atoms. The van der Waals surface area contributed by atoms with Gasteiger partial charge in [-0.25, -0.2) is 0 Å². The summed E-state index contributed by atoms with van der Waals surface area (Å²) in [6.07, 6.45) is 0. The molecule has 1 unspecified atom stereocenters. The molecule has 0 aromatic heterocycles. The van der Waals surface area contributed by atoms with Crippen LogP contribution in [0.25, 0.3) is 0 Å². The van der Waals surface area contributed by atoms with Gasteiger partial charge in [-0.1, -0.05) is 18.5 Å². The molecular weight excluding hydrogens is 340 g/mol. The zero-order valence-electron chi connectivity index (χ0n) is 9.09. The standard InChI is InChI=1S/C11H13ClINO2/c1-7(11(15)16-2)6-14-10-4-3-8(12)5-9(10)13/h3-5,7,14H,6H2,1-2H3. The molecule has 0 aliphatic heterocycles. The maximum atomic E-state index is 11.2. The number of rotatable bonds is 4. The third kappa shape index (κ3) is 3.83. The molecule has 0 aliphatic carbocycles. The van der Waals surface area contributed by atoms with Crippen LogP contribution in [0.5, 0.6) is 0 Å². The van der Waals surface area contributed by atoms with Gasteiger partial charge in [0.1, 0.15) is 0 Å². The smallest absolute Gasteiger partial charge is 0.310 e. The van der Waals surface area contributed by atoms with Crippen molar-refractivity contribution < 1.29 is 9.53 Å². The van der Waals surface area contributed by atoms with Crippen LogP contribution in [0.4, 0.5) is 5.69 Å². The highest BCUT2D eigenvalue weighted by Gasteiger charge is 2.12. The molecule has 0 aliphatic rings. The Labute approximate surface area is 114 Å². The molecule has 0 fully saturated rings. The number of anilines is 1. The van der Waals surface area contributed by atoms with Gasteiger partial charge in [-0.3, -0.25) is 4.79 Å². The largest absolute Gasteiger partial charge is 0.469 e. The fraction of sp³-hybridized carbons (Fsp3) is 0.364. The molecule has 88 valence electrons. The van der Waals surface area contributed by atoms with Gasteiger partial charge in [0.15, 0.2) is 0 Å². The van der Waals surface area contributed by atoms with Crippen molar-refractivity contribution in [2.45, 2.75) is 6.92 Å². The highest BCUT2D eigenvalue weighted by molar-refractivity contribution is 14.1. The van der Waals surface area contributed by atoms with E-state index in [4.69, 9.17) is 11.6 Å². The number of halogens is 2. The first-order valence-corrected chi connectivity index (χ1v) is 6.27. The molecule has 0 spiro atoms. The average Bonchev–Trinajstić information content (AvgIpc) is 2.26. The molecule has 0 saturated heterocycles. The van der Waals surface area contributed by atoms with E-state index >= 15 is 0 Å². The Balaban J connectivity index is 2.58. The maximum Gasteiger partial charge on any atom is 0.310 e. The van der Waals surface area contributed by atoms with Gasteiger partial charge in [-0.2, -0.15) is 0 Å². The molecule has 0 saturated carbocycles. The number of hydrogen-bond donors (Lipinski definition) is 1. The SMILES string of the molecule is COC(=O)C(C)CNc1ccc(Cl)cc1I. The Morgan fingerprint density at radius 2 is 2.31 bits per heavy atom. The van der Waals surface area contributed by atoms with Crippen molar-refractivity contribution in [1.29, 1.82) is 0 Å². The summed E-state index contributed by atoms with van der Waals surface area (Å²) in [7, 11) is 1.39. The highest BCUT2D eigenvalue weighted by atomic mass is 127. The number of hydrogen-bond acceptors (Lipinski definition) is 3. The van der Waals surface area contributed by atoms with E-state index in [1.54, 1.807) is 0 Å². The second-order valence-electron chi connectivity index (χ2n) is 3.43. The third-order valence-electron chi connectivity index (χ3n) is 2.13. The lowest BCUT2D eigenvalue weighted by molar-refractivity contribution is -0.144. The first-order valence-electron chi connectivity index (χ1n) is 4.81. The van der Waals surface area contributed by atoms with Gasteiger partial charge in [0.2, 0.25) is 0 Å². The number of nitrogens with one attached hydrogen (secondary N) is 1. The lowest BCUT2D eigenvalue weighted by atomic mass is 10.2. The molecule has 0 heterocycles. The van der Waals surface area contributed by atoms with Crippen LogP contribution in [0.15, 0.2) is 18.2 Å². The van der Waals surface area contributed by atoms with Gasteiger partial charge in [-0.05, 0) is 40.8 Å². The van der Waals surface area contributed by atoms with Crippen molar-refractivity contribution in [3.63, 3.8) is 0 Å². The molecule has 0 bridgehead atoms. The van der Waals surface area contributed by atoms with E-state index in [1.165, 1.54) is 7.11 Å². The topological polar surface area (TPSA) is 38.3 Å². The third-order valence-corrected chi connectivity index (χ3v) is 3.26. The number of esters is 1. The van der Waals surface area contributed by atoms with Crippen molar-refractivity contribution >= 4 is 45.8 Å². The Morgan fingerprint density at radius 1 is 1.62 bits per heavy atom. The summed E-state index contributed by atoms with van der Waals surface area (Å²) in [5, 5.41) is 3.89. The van der Waals surface area contributed by atoms with Crippen LogP contribution in [0.2, 0.25) is 5.02 Å². The lowest BCUT2D eigenvalue weighted by Crippen LogP contribution is -2.21. The minimum absolute atomic E-state index is 0.170. The van der Waals surface area contributed by atoms with Gasteiger partial charge in [-0.15, -0.1) is 0 Å². The number of ether oxygens (including phenoxy) is 1. The predicted octanol–water partition coefficient (Wildman–Crippen LogP) is 3.17. The van der Waals surface area contributed by atoms with Crippen LogP contribution >= 0.6 is 34.2 Å². The Kier molecular flexibility index (Phi) is 5.34. The van der Waals surface area contributed by atoms with Crippen molar-refractivity contribution in [2.24, 2.45) is 5.92 Å². The first-order chi connectivity index (χ1) is 7.54. The van der Waals surface area contributed by atoms with E-state index in [0.717, 1.165) is 9.26 Å². The van der Waals surface area contributed by atoms with E-state index in [-0.39, 0.29) is 11.9 Å². The number of benzene rings is 1. The van der Waals surface area contributed by atoms with Crippen LogP contribution in [-0.2, 0) is 9.53 Å². The molecule has 1 atom stereocenters. The molecule has 1 N–H and O–H groups in total. The summed E-state index contributed by atoms with van der Waals surface area (Å²) >= 11 is 8.04. The summed E-state index contributed by atoms with van der Waals surface area (Å²) in [5.41, 5.74) is 0.973. The van der Waals surface area contributed by atoms with E-state index < -0.39 is 0 Å². The first kappa shape index (κ1) is 13.6. The molecular formula is C11H13ClINO2. The Hall–Kier alpha value is -0.490. The van der Waals surface area contributed by atoms with E-state index in [2.05, 4.69) is 32.6 Å². The zero-order chi connectivity index (χ0) is 12.1. The summed E-state index contributed by atoms with van der Waals surface area (Å²) in [6.45, 7) is 2.37. The second-order valence-corrected chi connectivity index (χ2v) is 5.03. The van der Waals surface area contributed by atoms with Crippen molar-refractivity contribution in [3.8, 4) is 0 Å². The van der Waals surface area contributed by atoms with E-state index in [0.29, 0.717) is 11.6 Å². The summed E-state index contributed by atoms with van der Waals surface area (Å²) in [4.78, 5) is 11.2. The van der Waals surface area contributed by atoms with Gasteiger partial charge in [0, 0.05) is 20.8 Å². The van der Waals surface area contributed by atoms with Crippen molar-refractivity contribution in [3.05, 3.63) is 26.8 Å². The number of carbonyl (C=O) groups excluding carboxylic acids is 1. The summed E-state index contributed by atoms with van der Waals surface area (Å²) < 4.78 is 5.68. The molecule has 3 nitrogen and oxygen atoms in total. The molecule has 1 rings (SSSR count). The second kappa shape index (κ2) is 6.30. The Morgan fingerprint density at radius 3 is 2.88 bits per heavy atom. The Bertz CT molecular complexity index is 384. The zero-order valence-corrected chi connectivity index (χ0v) is 12.0. The van der Waals surface area contributed by atoms with Crippen LogP contribution < -0.4 is 5.32 Å². The quantitative estimate of drug-likeness (QED) is 0.667. The van der Waals surface area contributed by atoms with Crippen molar-refractivity contribution in [2.75, 3.05) is 19.0 Å². The van der Waals surface area contributed by atoms with Crippen LogP contribution in [0.3, 0.4) is 0 Å². The van der Waals surface area contributed by atoms with Gasteiger partial charge in [0.25, 0.3) is 0 Å². The molecule has 0 radical (unpaired) electrons. The molecule has 1 aromatic carbocycles. The van der Waals surface area contributed by atoms with Crippen LogP contribution in [-0.4, -0.2) is 19.6 Å². The predicted molar refractivity (Wildman–Crippen MR) is 73.8 cm³/mol. The van der Waals surface area contributed by atoms with E-state index in [1.807, 2.05) is 25.1 Å². The van der Waals surface area contributed by atoms with Gasteiger partial charge < -0.3 is 10.1 Å².